The predicted molar refractivity (Wildman–Crippen MR) is 96.0 cm³/mol. The standard InChI is InChI=1S/C17H14F3N5OS/c1-8-23-14-13(9-2-3-9)12(7-22-15(14)27-8)25-16(26)24-11-4-10(5-21-6-11)17(18,19)20/h4-7,9H,2-3H2,1H3,(H2,24,25,26). The second-order valence-electron chi connectivity index (χ2n) is 6.29. The van der Waals surface area contributed by atoms with Gasteiger partial charge in [-0.1, -0.05) is 11.3 Å². The van der Waals surface area contributed by atoms with Crippen molar-refractivity contribution in [1.29, 1.82) is 0 Å². The van der Waals surface area contributed by atoms with E-state index in [-0.39, 0.29) is 5.69 Å². The molecule has 1 aliphatic carbocycles. The highest BCUT2D eigenvalue weighted by Gasteiger charge is 2.32. The van der Waals surface area contributed by atoms with E-state index >= 15 is 0 Å². The summed E-state index contributed by atoms with van der Waals surface area (Å²) in [6, 6.07) is 0.172. The number of hydrogen-bond donors (Lipinski definition) is 2. The number of anilines is 2. The highest BCUT2D eigenvalue weighted by atomic mass is 32.1. The molecular formula is C17H14F3N5OS. The summed E-state index contributed by atoms with van der Waals surface area (Å²) in [5.74, 6) is 0.308. The Balaban J connectivity index is 1.58. The zero-order chi connectivity index (χ0) is 19.2. The van der Waals surface area contributed by atoms with Crippen molar-refractivity contribution >= 4 is 39.1 Å². The lowest BCUT2D eigenvalue weighted by atomic mass is 10.1. The van der Waals surface area contributed by atoms with E-state index in [0.29, 0.717) is 17.8 Å². The molecule has 2 N–H and O–H groups in total. The van der Waals surface area contributed by atoms with Gasteiger partial charge in [0.25, 0.3) is 0 Å². The number of rotatable bonds is 3. The molecule has 0 bridgehead atoms. The van der Waals surface area contributed by atoms with E-state index in [1.165, 1.54) is 11.3 Å². The summed E-state index contributed by atoms with van der Waals surface area (Å²) in [6.45, 7) is 1.89. The molecule has 1 saturated carbocycles. The van der Waals surface area contributed by atoms with Gasteiger partial charge >= 0.3 is 12.2 Å². The Morgan fingerprint density at radius 3 is 2.70 bits per heavy atom. The molecule has 4 rings (SSSR count). The summed E-state index contributed by atoms with van der Waals surface area (Å²) >= 11 is 1.48. The zero-order valence-electron chi connectivity index (χ0n) is 14.1. The average Bonchev–Trinajstić information content (AvgIpc) is 3.34. The number of carbonyl (C=O) groups is 1. The Kier molecular flexibility index (Phi) is 4.22. The van der Waals surface area contributed by atoms with Gasteiger partial charge in [-0.15, -0.1) is 0 Å². The number of carbonyl (C=O) groups excluding carboxylic acids is 1. The smallest absolute Gasteiger partial charge is 0.306 e. The Labute approximate surface area is 155 Å². The molecule has 0 atom stereocenters. The fourth-order valence-electron chi connectivity index (χ4n) is 2.83. The van der Waals surface area contributed by atoms with Crippen molar-refractivity contribution in [3.8, 4) is 0 Å². The van der Waals surface area contributed by atoms with Gasteiger partial charge in [-0.3, -0.25) is 4.98 Å². The van der Waals surface area contributed by atoms with Crippen molar-refractivity contribution in [2.24, 2.45) is 0 Å². The molecule has 0 radical (unpaired) electrons. The van der Waals surface area contributed by atoms with Crippen LogP contribution in [0.25, 0.3) is 10.3 Å². The number of amides is 2. The van der Waals surface area contributed by atoms with Crippen LogP contribution in [0.1, 0.15) is 34.9 Å². The minimum absolute atomic E-state index is 0.0474. The maximum Gasteiger partial charge on any atom is 0.417 e. The van der Waals surface area contributed by atoms with Crippen molar-refractivity contribution < 1.29 is 18.0 Å². The summed E-state index contributed by atoms with van der Waals surface area (Å²) in [4.78, 5) is 25.5. The summed E-state index contributed by atoms with van der Waals surface area (Å²) in [7, 11) is 0. The molecule has 0 aliphatic heterocycles. The third-order valence-electron chi connectivity index (χ3n) is 4.13. The first-order chi connectivity index (χ1) is 12.8. The van der Waals surface area contributed by atoms with Crippen LogP contribution in [-0.4, -0.2) is 21.0 Å². The van der Waals surface area contributed by atoms with Gasteiger partial charge in [0.1, 0.15) is 10.3 Å². The number of hydrogen-bond acceptors (Lipinski definition) is 5. The monoisotopic (exact) mass is 393 g/mol. The zero-order valence-corrected chi connectivity index (χ0v) is 14.9. The lowest BCUT2D eigenvalue weighted by Crippen LogP contribution is -2.21. The molecule has 10 heteroatoms. The number of halogens is 3. The molecule has 2 amide bonds. The fourth-order valence-corrected chi connectivity index (χ4v) is 3.61. The van der Waals surface area contributed by atoms with Crippen LogP contribution in [0, 0.1) is 6.92 Å². The van der Waals surface area contributed by atoms with Crippen molar-refractivity contribution in [3.63, 3.8) is 0 Å². The van der Waals surface area contributed by atoms with E-state index < -0.39 is 17.8 Å². The molecule has 1 aliphatic rings. The first-order valence-corrected chi connectivity index (χ1v) is 8.99. The molecule has 3 aromatic heterocycles. The first kappa shape index (κ1) is 17.7. The third-order valence-corrected chi connectivity index (χ3v) is 5.01. The van der Waals surface area contributed by atoms with E-state index in [1.807, 2.05) is 6.92 Å². The summed E-state index contributed by atoms with van der Waals surface area (Å²) in [5.41, 5.74) is 1.25. The molecule has 140 valence electrons. The molecule has 0 spiro atoms. The Morgan fingerprint density at radius 2 is 2.00 bits per heavy atom. The molecule has 6 nitrogen and oxygen atoms in total. The molecule has 27 heavy (non-hydrogen) atoms. The number of pyridine rings is 2. The number of thiazole rings is 1. The SMILES string of the molecule is Cc1nc2c(C3CC3)c(NC(=O)Nc3cncc(C(F)(F)F)c3)cnc2s1. The van der Waals surface area contributed by atoms with Crippen LogP contribution >= 0.6 is 11.3 Å². The number of nitrogens with zero attached hydrogens (tertiary/aromatic N) is 3. The molecular weight excluding hydrogens is 379 g/mol. The van der Waals surface area contributed by atoms with Gasteiger partial charge in [-0.25, -0.2) is 14.8 Å². The largest absolute Gasteiger partial charge is 0.417 e. The normalized spacial score (nSPS) is 14.4. The number of urea groups is 1. The van der Waals surface area contributed by atoms with Crippen molar-refractivity contribution in [2.45, 2.75) is 31.9 Å². The Bertz CT molecular complexity index is 1030. The van der Waals surface area contributed by atoms with E-state index in [1.54, 1.807) is 6.20 Å². The van der Waals surface area contributed by atoms with Crippen molar-refractivity contribution in [1.82, 2.24) is 15.0 Å². The Morgan fingerprint density at radius 1 is 1.22 bits per heavy atom. The van der Waals surface area contributed by atoms with E-state index in [2.05, 4.69) is 25.6 Å². The number of fused-ring (bicyclic) bond motifs is 1. The number of aromatic nitrogens is 3. The van der Waals surface area contributed by atoms with Crippen LogP contribution in [-0.2, 0) is 6.18 Å². The van der Waals surface area contributed by atoms with E-state index in [4.69, 9.17) is 0 Å². The molecule has 0 aromatic carbocycles. The minimum Gasteiger partial charge on any atom is -0.306 e. The number of nitrogens with one attached hydrogen (secondary N) is 2. The van der Waals surface area contributed by atoms with Gasteiger partial charge in [-0.05, 0) is 31.7 Å². The summed E-state index contributed by atoms with van der Waals surface area (Å²) in [5, 5.41) is 5.95. The fraction of sp³-hybridized carbons (Fsp3) is 0.294. The first-order valence-electron chi connectivity index (χ1n) is 8.17. The van der Waals surface area contributed by atoms with Crippen LogP contribution in [0.2, 0.25) is 0 Å². The van der Waals surface area contributed by atoms with E-state index in [9.17, 15) is 18.0 Å². The van der Waals surface area contributed by atoms with Crippen LogP contribution in [0.5, 0.6) is 0 Å². The third kappa shape index (κ3) is 3.70. The van der Waals surface area contributed by atoms with Crippen LogP contribution in [0.15, 0.2) is 24.7 Å². The van der Waals surface area contributed by atoms with Gasteiger partial charge in [0.2, 0.25) is 0 Å². The second kappa shape index (κ2) is 6.45. The lowest BCUT2D eigenvalue weighted by molar-refractivity contribution is -0.137. The lowest BCUT2D eigenvalue weighted by Gasteiger charge is -2.12. The van der Waals surface area contributed by atoms with Gasteiger partial charge in [0, 0.05) is 11.8 Å². The maximum atomic E-state index is 12.8. The van der Waals surface area contributed by atoms with Gasteiger partial charge in [0.15, 0.2) is 0 Å². The minimum atomic E-state index is -4.53. The molecule has 3 heterocycles. The van der Waals surface area contributed by atoms with Gasteiger partial charge < -0.3 is 10.6 Å². The number of alkyl halides is 3. The van der Waals surface area contributed by atoms with E-state index in [0.717, 1.165) is 46.0 Å². The van der Waals surface area contributed by atoms with Crippen LogP contribution in [0.4, 0.5) is 29.3 Å². The maximum absolute atomic E-state index is 12.8. The van der Waals surface area contributed by atoms with Gasteiger partial charge in [0.05, 0.1) is 34.3 Å². The van der Waals surface area contributed by atoms with Crippen molar-refractivity contribution in [3.05, 3.63) is 40.8 Å². The highest BCUT2D eigenvalue weighted by molar-refractivity contribution is 7.18. The van der Waals surface area contributed by atoms with Crippen molar-refractivity contribution in [2.75, 3.05) is 10.6 Å². The highest BCUT2D eigenvalue weighted by Crippen LogP contribution is 2.46. The molecule has 0 saturated heterocycles. The average molecular weight is 393 g/mol. The summed E-state index contributed by atoms with van der Waals surface area (Å²) < 4.78 is 38.3. The van der Waals surface area contributed by atoms with Crippen LogP contribution in [0.3, 0.4) is 0 Å². The van der Waals surface area contributed by atoms with Gasteiger partial charge in [-0.2, -0.15) is 13.2 Å². The molecule has 3 aromatic rings. The second-order valence-corrected chi connectivity index (χ2v) is 7.47. The quantitative estimate of drug-likeness (QED) is 0.661. The van der Waals surface area contributed by atoms with Crippen LogP contribution < -0.4 is 10.6 Å². The molecule has 1 fully saturated rings. The topological polar surface area (TPSA) is 79.8 Å². The summed E-state index contributed by atoms with van der Waals surface area (Å²) in [6.07, 6.45) is 0.904. The predicted octanol–water partition coefficient (Wildman–Crippen LogP) is 4.93. The number of aryl methyl sites for hydroxylation is 1. The Hall–Kier alpha value is -2.75. The molecule has 0 unspecified atom stereocenters.